The van der Waals surface area contributed by atoms with Crippen molar-refractivity contribution >= 4 is 27.8 Å². The molecule has 0 saturated heterocycles. The summed E-state index contributed by atoms with van der Waals surface area (Å²) in [6.07, 6.45) is 3.15. The Morgan fingerprint density at radius 2 is 2.06 bits per heavy atom. The van der Waals surface area contributed by atoms with Gasteiger partial charge in [0.05, 0.1) is 5.92 Å². The van der Waals surface area contributed by atoms with E-state index in [1.165, 1.54) is 0 Å². The number of hydrogen-bond donors (Lipinski definition) is 2. The number of carbonyl (C=O) groups excluding carboxylic acids is 1. The van der Waals surface area contributed by atoms with E-state index in [4.69, 9.17) is 9.52 Å². The Hall–Kier alpha value is -1.30. The summed E-state index contributed by atoms with van der Waals surface area (Å²) in [5, 5.41) is 11.9. The minimum Gasteiger partial charge on any atom is -0.481 e. The quantitative estimate of drug-likeness (QED) is 0.897. The number of carbonyl (C=O) groups is 2. The highest BCUT2D eigenvalue weighted by Crippen LogP contribution is 2.25. The lowest BCUT2D eigenvalue weighted by Gasteiger charge is -2.28. The molecule has 2 rings (SSSR count). The summed E-state index contributed by atoms with van der Waals surface area (Å²) in [5.41, 5.74) is 0. The normalized spacial score (nSPS) is 23.6. The number of amides is 1. The summed E-state index contributed by atoms with van der Waals surface area (Å²) < 4.78 is 5.62. The number of aliphatic carboxylic acids is 1. The van der Waals surface area contributed by atoms with Crippen LogP contribution in [0.25, 0.3) is 0 Å². The molecule has 0 aromatic carbocycles. The summed E-state index contributed by atoms with van der Waals surface area (Å²) in [4.78, 5) is 23.0. The fourth-order valence-corrected chi connectivity index (χ4v) is 2.58. The van der Waals surface area contributed by atoms with Gasteiger partial charge in [-0.3, -0.25) is 9.59 Å². The topological polar surface area (TPSA) is 79.5 Å². The van der Waals surface area contributed by atoms with Crippen molar-refractivity contribution in [1.29, 1.82) is 0 Å². The molecular formula is C12H14BrNO4. The van der Waals surface area contributed by atoms with Crippen LogP contribution in [0.5, 0.6) is 0 Å². The summed E-state index contributed by atoms with van der Waals surface area (Å²) >= 11 is 3.12. The van der Waals surface area contributed by atoms with Crippen LogP contribution in [-0.4, -0.2) is 23.0 Å². The number of carboxylic acids is 1. The number of nitrogens with one attached hydrogen (secondary N) is 1. The number of rotatable bonds is 3. The smallest absolute Gasteiger partial charge is 0.308 e. The second-order valence-corrected chi connectivity index (χ2v) is 5.19. The molecule has 98 valence electrons. The zero-order valence-corrected chi connectivity index (χ0v) is 11.3. The summed E-state index contributed by atoms with van der Waals surface area (Å²) in [6, 6.07) is 2.87. The summed E-state index contributed by atoms with van der Waals surface area (Å²) in [6.45, 7) is 0. The van der Waals surface area contributed by atoms with Crippen LogP contribution < -0.4 is 5.32 Å². The first-order valence-electron chi connectivity index (χ1n) is 5.87. The van der Waals surface area contributed by atoms with E-state index in [1.807, 2.05) is 0 Å². The van der Waals surface area contributed by atoms with Gasteiger partial charge < -0.3 is 14.8 Å². The van der Waals surface area contributed by atoms with Crippen LogP contribution in [0.4, 0.5) is 0 Å². The van der Waals surface area contributed by atoms with Crippen molar-refractivity contribution in [2.45, 2.75) is 31.7 Å². The average molecular weight is 316 g/mol. The Bertz CT molecular complexity index is 457. The highest BCUT2D eigenvalue weighted by atomic mass is 79.9. The van der Waals surface area contributed by atoms with E-state index in [-0.39, 0.29) is 17.7 Å². The van der Waals surface area contributed by atoms with Crippen LogP contribution in [0.2, 0.25) is 0 Å². The lowest BCUT2D eigenvalue weighted by Crippen LogP contribution is -2.45. The van der Waals surface area contributed by atoms with E-state index < -0.39 is 11.9 Å². The Morgan fingerprint density at radius 3 is 2.67 bits per heavy atom. The Morgan fingerprint density at radius 1 is 1.33 bits per heavy atom. The van der Waals surface area contributed by atoms with Gasteiger partial charge in [0, 0.05) is 6.04 Å². The number of halogens is 1. The first-order chi connectivity index (χ1) is 8.58. The highest BCUT2D eigenvalue weighted by molar-refractivity contribution is 9.10. The first-order valence-corrected chi connectivity index (χ1v) is 6.66. The van der Waals surface area contributed by atoms with Crippen molar-refractivity contribution in [3.63, 3.8) is 0 Å². The third-order valence-corrected chi connectivity index (χ3v) is 3.62. The molecule has 0 radical (unpaired) electrons. The first kappa shape index (κ1) is 13.1. The largest absolute Gasteiger partial charge is 0.481 e. The minimum atomic E-state index is -0.847. The van der Waals surface area contributed by atoms with Gasteiger partial charge in [-0.2, -0.15) is 0 Å². The van der Waals surface area contributed by atoms with Crippen LogP contribution in [0.3, 0.4) is 0 Å². The fraction of sp³-hybridized carbons (Fsp3) is 0.500. The standard InChI is InChI=1S/C12H14BrNO4/c13-10-6-5-9(18-10)11(15)14-8-4-2-1-3-7(8)12(16)17/h5-8H,1-4H2,(H,14,15)(H,16,17). The van der Waals surface area contributed by atoms with Crippen molar-refractivity contribution < 1.29 is 19.1 Å². The maximum atomic E-state index is 11.9. The minimum absolute atomic E-state index is 0.191. The molecule has 5 nitrogen and oxygen atoms in total. The molecule has 18 heavy (non-hydrogen) atoms. The van der Waals surface area contributed by atoms with Crippen molar-refractivity contribution in [2.24, 2.45) is 5.92 Å². The Kier molecular flexibility index (Phi) is 4.06. The van der Waals surface area contributed by atoms with E-state index in [0.717, 1.165) is 12.8 Å². The number of hydrogen-bond acceptors (Lipinski definition) is 3. The molecule has 1 saturated carbocycles. The van der Waals surface area contributed by atoms with Crippen molar-refractivity contribution in [1.82, 2.24) is 5.32 Å². The predicted octanol–water partition coefficient (Wildman–Crippen LogP) is 2.42. The van der Waals surface area contributed by atoms with Gasteiger partial charge in [-0.15, -0.1) is 0 Å². The second-order valence-electron chi connectivity index (χ2n) is 4.41. The van der Waals surface area contributed by atoms with Gasteiger partial charge in [-0.25, -0.2) is 0 Å². The zero-order chi connectivity index (χ0) is 13.1. The maximum absolute atomic E-state index is 11.9. The van der Waals surface area contributed by atoms with Gasteiger partial charge >= 0.3 is 5.97 Å². The zero-order valence-electron chi connectivity index (χ0n) is 9.69. The molecule has 1 amide bonds. The second kappa shape index (κ2) is 5.56. The molecule has 6 heteroatoms. The van der Waals surface area contributed by atoms with Gasteiger partial charge in [0.2, 0.25) is 0 Å². The fourth-order valence-electron chi connectivity index (χ4n) is 2.28. The van der Waals surface area contributed by atoms with Gasteiger partial charge in [-0.05, 0) is 40.9 Å². The van der Waals surface area contributed by atoms with E-state index in [1.54, 1.807) is 12.1 Å². The highest BCUT2D eigenvalue weighted by Gasteiger charge is 2.32. The van der Waals surface area contributed by atoms with Crippen molar-refractivity contribution in [3.8, 4) is 0 Å². The molecule has 2 atom stereocenters. The molecule has 0 bridgehead atoms. The van der Waals surface area contributed by atoms with Crippen LogP contribution in [0, 0.1) is 5.92 Å². The third kappa shape index (κ3) is 2.93. The molecular weight excluding hydrogens is 302 g/mol. The van der Waals surface area contributed by atoms with Gasteiger partial charge in [0.15, 0.2) is 10.4 Å². The molecule has 1 aliphatic rings. The molecule has 1 heterocycles. The van der Waals surface area contributed by atoms with Crippen LogP contribution >= 0.6 is 15.9 Å². The number of carboxylic acid groups (broad SMARTS) is 1. The molecule has 2 unspecified atom stereocenters. The predicted molar refractivity (Wildman–Crippen MR) is 67.3 cm³/mol. The maximum Gasteiger partial charge on any atom is 0.308 e. The van der Waals surface area contributed by atoms with E-state index in [9.17, 15) is 9.59 Å². The third-order valence-electron chi connectivity index (χ3n) is 3.20. The summed E-state index contributed by atoms with van der Waals surface area (Å²) in [5.74, 6) is -1.52. The monoisotopic (exact) mass is 315 g/mol. The molecule has 0 aliphatic heterocycles. The lowest BCUT2D eigenvalue weighted by molar-refractivity contribution is -0.143. The molecule has 2 N–H and O–H groups in total. The Balaban J connectivity index is 2.03. The van der Waals surface area contributed by atoms with Crippen molar-refractivity contribution in [3.05, 3.63) is 22.6 Å². The summed E-state index contributed by atoms with van der Waals surface area (Å²) in [7, 11) is 0. The van der Waals surface area contributed by atoms with Gasteiger partial charge in [0.25, 0.3) is 5.91 Å². The van der Waals surface area contributed by atoms with Crippen LogP contribution in [0.1, 0.15) is 36.2 Å². The average Bonchev–Trinajstić information content (AvgIpc) is 2.76. The molecule has 1 fully saturated rings. The molecule has 1 aromatic heterocycles. The van der Waals surface area contributed by atoms with E-state index >= 15 is 0 Å². The molecule has 1 aliphatic carbocycles. The van der Waals surface area contributed by atoms with E-state index in [0.29, 0.717) is 17.5 Å². The molecule has 1 aromatic rings. The SMILES string of the molecule is O=C(NC1CCCCC1C(=O)O)c1ccc(Br)o1. The number of furan rings is 1. The van der Waals surface area contributed by atoms with Gasteiger partial charge in [-0.1, -0.05) is 12.8 Å². The molecule has 0 spiro atoms. The van der Waals surface area contributed by atoms with E-state index in [2.05, 4.69) is 21.2 Å². The van der Waals surface area contributed by atoms with Gasteiger partial charge in [0.1, 0.15) is 0 Å². The van der Waals surface area contributed by atoms with Crippen molar-refractivity contribution in [2.75, 3.05) is 0 Å². The van der Waals surface area contributed by atoms with Crippen LogP contribution in [0.15, 0.2) is 21.2 Å². The Labute approximate surface area is 113 Å². The lowest BCUT2D eigenvalue weighted by atomic mass is 9.84. The van der Waals surface area contributed by atoms with Crippen LogP contribution in [-0.2, 0) is 4.79 Å².